The van der Waals surface area contributed by atoms with E-state index in [1.807, 2.05) is 0 Å². The van der Waals surface area contributed by atoms with Gasteiger partial charge in [0, 0.05) is 6.08 Å². The Bertz CT molecular complexity index is 543. The highest BCUT2D eigenvalue weighted by Gasteiger charge is 2.04. The maximum atomic E-state index is 11.2. The Hall–Kier alpha value is -2.74. The molecule has 0 radical (unpaired) electrons. The molecule has 0 atom stereocenters. The van der Waals surface area contributed by atoms with Crippen LogP contribution in [0, 0.1) is 11.3 Å². The van der Waals surface area contributed by atoms with E-state index in [1.54, 1.807) is 36.4 Å². The van der Waals surface area contributed by atoms with Gasteiger partial charge in [0.15, 0.2) is 18.1 Å². The molecule has 0 heterocycles. The van der Waals surface area contributed by atoms with Gasteiger partial charge in [-0.3, -0.25) is 0 Å². The van der Waals surface area contributed by atoms with E-state index in [0.29, 0.717) is 18.1 Å². The van der Waals surface area contributed by atoms with Crippen LogP contribution in [0.2, 0.25) is 0 Å². The van der Waals surface area contributed by atoms with E-state index < -0.39 is 5.97 Å². The lowest BCUT2D eigenvalue weighted by molar-refractivity contribution is -0.136. The molecule has 0 saturated carbocycles. The predicted octanol–water partition coefficient (Wildman–Crippen LogP) is 2.34. The van der Waals surface area contributed by atoms with Gasteiger partial charge in [-0.2, -0.15) is 5.26 Å². The Kier molecular flexibility index (Phi) is 6.42. The summed E-state index contributed by atoms with van der Waals surface area (Å²) in [5.74, 6) is 0.577. The minimum Gasteiger partial charge on any atom is -0.493 e. The van der Waals surface area contributed by atoms with Crippen LogP contribution in [0.3, 0.4) is 0 Å². The van der Waals surface area contributed by atoms with Crippen molar-refractivity contribution in [2.24, 2.45) is 0 Å². The molecule has 0 fully saturated rings. The SMILES string of the molecule is C=CCOc1ccc(/C=C/C(=O)OCC#N)cc1OC. The summed E-state index contributed by atoms with van der Waals surface area (Å²) in [6.45, 7) is 3.69. The average Bonchev–Trinajstić information content (AvgIpc) is 2.49. The highest BCUT2D eigenvalue weighted by molar-refractivity contribution is 5.87. The van der Waals surface area contributed by atoms with Crippen molar-refractivity contribution in [1.29, 1.82) is 5.26 Å². The highest BCUT2D eigenvalue weighted by Crippen LogP contribution is 2.28. The molecule has 0 N–H and O–H groups in total. The lowest BCUT2D eigenvalue weighted by Gasteiger charge is -2.09. The minimum atomic E-state index is -0.572. The fourth-order valence-corrected chi connectivity index (χ4v) is 1.37. The summed E-state index contributed by atoms with van der Waals surface area (Å²) < 4.78 is 15.2. The van der Waals surface area contributed by atoms with Crippen LogP contribution in [0.5, 0.6) is 11.5 Å². The fraction of sp³-hybridized carbons (Fsp3) is 0.200. The van der Waals surface area contributed by atoms with Crippen molar-refractivity contribution >= 4 is 12.0 Å². The number of methoxy groups -OCH3 is 1. The zero-order valence-corrected chi connectivity index (χ0v) is 11.2. The third-order valence-corrected chi connectivity index (χ3v) is 2.24. The van der Waals surface area contributed by atoms with Crippen LogP contribution in [0.25, 0.3) is 6.08 Å². The third-order valence-electron chi connectivity index (χ3n) is 2.24. The Morgan fingerprint density at radius 1 is 1.45 bits per heavy atom. The topological polar surface area (TPSA) is 68.5 Å². The van der Waals surface area contributed by atoms with Crippen molar-refractivity contribution in [3.05, 3.63) is 42.5 Å². The fourth-order valence-electron chi connectivity index (χ4n) is 1.37. The largest absolute Gasteiger partial charge is 0.493 e. The minimum absolute atomic E-state index is 0.263. The van der Waals surface area contributed by atoms with Crippen LogP contribution in [0.4, 0.5) is 0 Å². The van der Waals surface area contributed by atoms with E-state index in [2.05, 4.69) is 11.3 Å². The number of benzene rings is 1. The Morgan fingerprint density at radius 2 is 2.25 bits per heavy atom. The summed E-state index contributed by atoms with van der Waals surface area (Å²) in [6.07, 6.45) is 4.45. The van der Waals surface area contributed by atoms with Crippen molar-refractivity contribution in [2.75, 3.05) is 20.3 Å². The second-order valence-corrected chi connectivity index (χ2v) is 3.61. The molecule has 1 aromatic rings. The van der Waals surface area contributed by atoms with E-state index in [-0.39, 0.29) is 6.61 Å². The van der Waals surface area contributed by atoms with Gasteiger partial charge in [0.25, 0.3) is 0 Å². The van der Waals surface area contributed by atoms with Crippen LogP contribution in [-0.4, -0.2) is 26.3 Å². The molecule has 0 aromatic heterocycles. The lowest BCUT2D eigenvalue weighted by atomic mass is 10.2. The van der Waals surface area contributed by atoms with Crippen molar-refractivity contribution in [3.63, 3.8) is 0 Å². The molecule has 0 spiro atoms. The van der Waals surface area contributed by atoms with Crippen LogP contribution in [0.1, 0.15) is 5.56 Å². The molecule has 20 heavy (non-hydrogen) atoms. The van der Waals surface area contributed by atoms with E-state index in [1.165, 1.54) is 13.2 Å². The van der Waals surface area contributed by atoms with Crippen molar-refractivity contribution in [1.82, 2.24) is 0 Å². The van der Waals surface area contributed by atoms with Crippen molar-refractivity contribution in [3.8, 4) is 17.6 Å². The summed E-state index contributed by atoms with van der Waals surface area (Å²) in [5.41, 5.74) is 0.752. The average molecular weight is 273 g/mol. The van der Waals surface area contributed by atoms with Gasteiger partial charge in [-0.1, -0.05) is 18.7 Å². The van der Waals surface area contributed by atoms with Gasteiger partial charge in [-0.05, 0) is 23.8 Å². The summed E-state index contributed by atoms with van der Waals surface area (Å²) in [5, 5.41) is 8.28. The van der Waals surface area contributed by atoms with Crippen LogP contribution >= 0.6 is 0 Å². The van der Waals surface area contributed by atoms with Crippen molar-refractivity contribution < 1.29 is 19.0 Å². The first-order valence-corrected chi connectivity index (χ1v) is 5.84. The van der Waals surface area contributed by atoms with Crippen LogP contribution in [-0.2, 0) is 9.53 Å². The van der Waals surface area contributed by atoms with Gasteiger partial charge in [-0.15, -0.1) is 0 Å². The molecule has 104 valence electrons. The molecule has 0 aliphatic rings. The molecule has 1 rings (SSSR count). The summed E-state index contributed by atoms with van der Waals surface area (Å²) >= 11 is 0. The first kappa shape index (κ1) is 15.3. The Labute approximate surface area is 117 Å². The highest BCUT2D eigenvalue weighted by atomic mass is 16.5. The van der Waals surface area contributed by atoms with E-state index in [0.717, 1.165) is 5.56 Å². The summed E-state index contributed by atoms with van der Waals surface area (Å²) in [7, 11) is 1.53. The lowest BCUT2D eigenvalue weighted by Crippen LogP contribution is -2.00. The number of rotatable bonds is 7. The smallest absolute Gasteiger partial charge is 0.331 e. The first-order chi connectivity index (χ1) is 9.71. The molecule has 0 aliphatic carbocycles. The van der Waals surface area contributed by atoms with Crippen molar-refractivity contribution in [2.45, 2.75) is 0 Å². The number of nitrogens with zero attached hydrogens (tertiary/aromatic N) is 1. The normalized spacial score (nSPS) is 9.80. The maximum absolute atomic E-state index is 11.2. The van der Waals surface area contributed by atoms with Gasteiger partial charge in [-0.25, -0.2) is 4.79 Å². The monoisotopic (exact) mass is 273 g/mol. The van der Waals surface area contributed by atoms with E-state index in [4.69, 9.17) is 14.7 Å². The number of esters is 1. The maximum Gasteiger partial charge on any atom is 0.331 e. The molecular formula is C15H15NO4. The van der Waals surface area contributed by atoms with Crippen LogP contribution < -0.4 is 9.47 Å². The third kappa shape index (κ3) is 4.86. The second-order valence-electron chi connectivity index (χ2n) is 3.61. The first-order valence-electron chi connectivity index (χ1n) is 5.84. The number of hydrogen-bond acceptors (Lipinski definition) is 5. The molecular weight excluding hydrogens is 258 g/mol. The second kappa shape index (κ2) is 8.38. The predicted molar refractivity (Wildman–Crippen MR) is 74.3 cm³/mol. The molecule has 0 aliphatic heterocycles. The zero-order valence-electron chi connectivity index (χ0n) is 11.2. The Balaban J connectivity index is 2.77. The summed E-state index contributed by atoms with van der Waals surface area (Å²) in [4.78, 5) is 11.2. The molecule has 0 bridgehead atoms. The standard InChI is InChI=1S/C15H15NO4/c1-3-9-19-13-6-4-12(11-14(13)18-2)5-7-15(17)20-10-8-16/h3-7,11H,1,9-10H2,2H3/b7-5+. The van der Waals surface area contributed by atoms with Gasteiger partial charge < -0.3 is 14.2 Å². The Morgan fingerprint density at radius 3 is 2.90 bits per heavy atom. The number of ether oxygens (including phenoxy) is 3. The number of carbonyl (C=O) groups excluding carboxylic acids is 1. The molecule has 5 heteroatoms. The van der Waals surface area contributed by atoms with Gasteiger partial charge in [0.05, 0.1) is 7.11 Å². The molecule has 0 unspecified atom stereocenters. The summed E-state index contributed by atoms with van der Waals surface area (Å²) in [6, 6.07) is 6.96. The number of hydrogen-bond donors (Lipinski definition) is 0. The van der Waals surface area contributed by atoms with Gasteiger partial charge in [0.1, 0.15) is 12.7 Å². The quantitative estimate of drug-likeness (QED) is 0.433. The molecule has 1 aromatic carbocycles. The number of carbonyl (C=O) groups is 1. The zero-order chi connectivity index (χ0) is 14.8. The van der Waals surface area contributed by atoms with E-state index in [9.17, 15) is 4.79 Å². The van der Waals surface area contributed by atoms with E-state index >= 15 is 0 Å². The van der Waals surface area contributed by atoms with Gasteiger partial charge in [0.2, 0.25) is 0 Å². The molecule has 0 saturated heterocycles. The van der Waals surface area contributed by atoms with Crippen LogP contribution in [0.15, 0.2) is 36.9 Å². The number of nitriles is 1. The molecule has 5 nitrogen and oxygen atoms in total. The molecule has 0 amide bonds. The van der Waals surface area contributed by atoms with Gasteiger partial charge >= 0.3 is 5.97 Å².